The van der Waals surface area contributed by atoms with Gasteiger partial charge in [-0.3, -0.25) is 4.79 Å². The molecule has 0 aliphatic rings. The lowest BCUT2D eigenvalue weighted by Crippen LogP contribution is -2.28. The van der Waals surface area contributed by atoms with Crippen LogP contribution >= 0.6 is 15.9 Å². The predicted octanol–water partition coefficient (Wildman–Crippen LogP) is 3.85. The molecule has 1 heterocycles. The predicted molar refractivity (Wildman–Crippen MR) is 105 cm³/mol. The Bertz CT molecular complexity index is 886. The van der Waals surface area contributed by atoms with E-state index in [1.165, 1.54) is 0 Å². The van der Waals surface area contributed by atoms with Gasteiger partial charge in [0, 0.05) is 17.4 Å². The molecule has 2 aromatic carbocycles. The minimum absolute atomic E-state index is 0.0266. The monoisotopic (exact) mass is 397 g/mol. The van der Waals surface area contributed by atoms with E-state index in [0.29, 0.717) is 25.9 Å². The summed E-state index contributed by atoms with van der Waals surface area (Å²) in [6.07, 6.45) is 1.07. The molecule has 3 rings (SSSR count). The smallest absolute Gasteiger partial charge is 0.224 e. The molecular weight excluding hydrogens is 378 g/mol. The van der Waals surface area contributed by atoms with Crippen LogP contribution in [-0.4, -0.2) is 22.0 Å². The normalized spacial score (nSPS) is 10.8. The molecule has 0 radical (unpaired) electrons. The number of carbonyl (C=O) groups excluding carboxylic acids is 1. The van der Waals surface area contributed by atoms with Gasteiger partial charge in [0.15, 0.2) is 0 Å². The van der Waals surface area contributed by atoms with Crippen molar-refractivity contribution in [1.29, 1.82) is 0 Å². The van der Waals surface area contributed by atoms with Gasteiger partial charge in [-0.25, -0.2) is 4.98 Å². The van der Waals surface area contributed by atoms with Gasteiger partial charge in [-0.15, -0.1) is 0 Å². The second-order valence-electron chi connectivity index (χ2n) is 5.88. The van der Waals surface area contributed by atoms with Crippen LogP contribution in [0.4, 0.5) is 0 Å². The van der Waals surface area contributed by atoms with Crippen molar-refractivity contribution in [2.45, 2.75) is 19.4 Å². The highest BCUT2D eigenvalue weighted by molar-refractivity contribution is 9.11. The van der Waals surface area contributed by atoms with Gasteiger partial charge >= 0.3 is 0 Å². The van der Waals surface area contributed by atoms with Crippen LogP contribution in [0.15, 0.2) is 65.7 Å². The maximum Gasteiger partial charge on any atom is 0.224 e. The number of amides is 1. The summed E-state index contributed by atoms with van der Waals surface area (Å²) >= 11 is 3.43. The van der Waals surface area contributed by atoms with Gasteiger partial charge in [-0.1, -0.05) is 65.0 Å². The summed E-state index contributed by atoms with van der Waals surface area (Å²) in [6, 6.07) is 17.8. The van der Waals surface area contributed by atoms with Crippen molar-refractivity contribution >= 4 is 32.9 Å². The molecule has 0 atom stereocenters. The zero-order valence-corrected chi connectivity index (χ0v) is 15.5. The molecule has 5 heteroatoms. The van der Waals surface area contributed by atoms with Crippen LogP contribution in [0.2, 0.25) is 0 Å². The molecule has 0 unspecified atom stereocenters. The highest BCUT2D eigenvalue weighted by Gasteiger charge is 2.11. The molecule has 0 aliphatic carbocycles. The number of aromatic nitrogens is 2. The van der Waals surface area contributed by atoms with Crippen LogP contribution in [0.1, 0.15) is 11.4 Å². The van der Waals surface area contributed by atoms with Crippen molar-refractivity contribution in [3.63, 3.8) is 0 Å². The fourth-order valence-electron chi connectivity index (χ4n) is 2.82. The Morgan fingerprint density at radius 1 is 1.12 bits per heavy atom. The van der Waals surface area contributed by atoms with E-state index in [0.717, 1.165) is 26.9 Å². The first-order valence-electron chi connectivity index (χ1n) is 8.21. The number of halogens is 1. The molecular formula is C20H20BrN3O. The highest BCUT2D eigenvalue weighted by Crippen LogP contribution is 2.19. The number of rotatable bonds is 7. The second kappa shape index (κ2) is 8.12. The minimum atomic E-state index is 0.0266. The number of benzene rings is 2. The molecule has 3 aromatic rings. The lowest BCUT2D eigenvalue weighted by atomic mass is 10.1. The van der Waals surface area contributed by atoms with Gasteiger partial charge in [0.2, 0.25) is 5.91 Å². The summed E-state index contributed by atoms with van der Waals surface area (Å²) in [5, 5.41) is 2.98. The summed E-state index contributed by atoms with van der Waals surface area (Å²) < 4.78 is 3.03. The van der Waals surface area contributed by atoms with Crippen LogP contribution in [0.5, 0.6) is 0 Å². The maximum absolute atomic E-state index is 12.1. The number of hydrogen-bond donors (Lipinski definition) is 1. The summed E-state index contributed by atoms with van der Waals surface area (Å²) in [7, 11) is 0. The van der Waals surface area contributed by atoms with Crippen molar-refractivity contribution in [2.75, 3.05) is 6.54 Å². The topological polar surface area (TPSA) is 46.9 Å². The van der Waals surface area contributed by atoms with E-state index >= 15 is 0 Å². The summed E-state index contributed by atoms with van der Waals surface area (Å²) in [5.41, 5.74) is 3.05. The van der Waals surface area contributed by atoms with Crippen molar-refractivity contribution in [3.05, 3.63) is 77.0 Å². The fraction of sp³-hybridized carbons (Fsp3) is 0.200. The third kappa shape index (κ3) is 4.57. The number of nitrogens with one attached hydrogen (secondary N) is 1. The minimum Gasteiger partial charge on any atom is -0.355 e. The van der Waals surface area contributed by atoms with Gasteiger partial charge in [0.1, 0.15) is 5.82 Å². The van der Waals surface area contributed by atoms with E-state index in [9.17, 15) is 4.79 Å². The average Bonchev–Trinajstić information content (AvgIpc) is 2.93. The molecule has 4 nitrogen and oxygen atoms in total. The summed E-state index contributed by atoms with van der Waals surface area (Å²) in [5.74, 6) is 0.973. The quantitative estimate of drug-likeness (QED) is 0.657. The van der Waals surface area contributed by atoms with Crippen LogP contribution in [-0.2, 0) is 24.2 Å². The van der Waals surface area contributed by atoms with Crippen LogP contribution in [0, 0.1) is 0 Å². The Balaban J connectivity index is 1.64. The van der Waals surface area contributed by atoms with Crippen molar-refractivity contribution < 1.29 is 4.79 Å². The van der Waals surface area contributed by atoms with E-state index in [-0.39, 0.29) is 5.91 Å². The molecule has 0 saturated carbocycles. The van der Waals surface area contributed by atoms with E-state index in [1.54, 1.807) is 0 Å². The highest BCUT2D eigenvalue weighted by atomic mass is 79.9. The molecule has 0 spiro atoms. The third-order valence-electron chi connectivity index (χ3n) is 3.94. The number of hydrogen-bond acceptors (Lipinski definition) is 2. The van der Waals surface area contributed by atoms with Crippen LogP contribution in [0.3, 0.4) is 0 Å². The molecule has 0 bridgehead atoms. The molecule has 128 valence electrons. The van der Waals surface area contributed by atoms with Crippen molar-refractivity contribution in [3.8, 4) is 0 Å². The van der Waals surface area contributed by atoms with Gasteiger partial charge < -0.3 is 9.88 Å². The van der Waals surface area contributed by atoms with Crippen LogP contribution < -0.4 is 5.32 Å². The fourth-order valence-corrected chi connectivity index (χ4v) is 3.07. The molecule has 1 amide bonds. The molecule has 0 aliphatic heterocycles. The van der Waals surface area contributed by atoms with Crippen LogP contribution in [0.25, 0.3) is 11.0 Å². The lowest BCUT2D eigenvalue weighted by Gasteiger charge is -2.09. The maximum atomic E-state index is 12.1. The van der Waals surface area contributed by atoms with E-state index in [1.807, 2.05) is 48.5 Å². The first-order valence-corrected chi connectivity index (χ1v) is 9.01. The standard InChI is InChI=1S/C20H20BrN3O/c1-15(21)14-24-18-10-6-5-9-17(18)23-19(24)11-12-22-20(25)13-16-7-3-2-4-8-16/h2-10H,1,11-14H2,(H,22,25). The SMILES string of the molecule is C=C(Br)Cn1c(CCNC(=O)Cc2ccccc2)nc2ccccc21. The number of carbonyl (C=O) groups is 1. The third-order valence-corrected chi connectivity index (χ3v) is 4.19. The largest absolute Gasteiger partial charge is 0.355 e. The first-order chi connectivity index (χ1) is 12.1. The van der Waals surface area contributed by atoms with E-state index in [4.69, 9.17) is 4.98 Å². The van der Waals surface area contributed by atoms with E-state index < -0.39 is 0 Å². The Labute approximate surface area is 155 Å². The summed E-state index contributed by atoms with van der Waals surface area (Å²) in [4.78, 5) is 16.8. The number of nitrogens with zero attached hydrogens (tertiary/aromatic N) is 2. The second-order valence-corrected chi connectivity index (χ2v) is 7.00. The van der Waals surface area contributed by atoms with Crippen molar-refractivity contribution in [2.24, 2.45) is 0 Å². The number of allylic oxidation sites excluding steroid dienone is 1. The van der Waals surface area contributed by atoms with Gasteiger partial charge in [0.05, 0.1) is 24.0 Å². The first kappa shape index (κ1) is 17.4. The zero-order chi connectivity index (χ0) is 17.6. The van der Waals surface area contributed by atoms with Crippen molar-refractivity contribution in [1.82, 2.24) is 14.9 Å². The van der Waals surface area contributed by atoms with E-state index in [2.05, 4.69) is 38.5 Å². The average molecular weight is 398 g/mol. The number of para-hydroxylation sites is 2. The van der Waals surface area contributed by atoms with Gasteiger partial charge in [-0.2, -0.15) is 0 Å². The molecule has 0 saturated heterocycles. The molecule has 0 fully saturated rings. The number of fused-ring (bicyclic) bond motifs is 1. The zero-order valence-electron chi connectivity index (χ0n) is 13.9. The molecule has 1 aromatic heterocycles. The lowest BCUT2D eigenvalue weighted by molar-refractivity contribution is -0.120. The Hall–Kier alpha value is -2.40. The summed E-state index contributed by atoms with van der Waals surface area (Å²) in [6.45, 7) is 5.15. The Kier molecular flexibility index (Phi) is 5.66. The number of imidazole rings is 1. The van der Waals surface area contributed by atoms with Gasteiger partial charge in [-0.05, 0) is 17.7 Å². The molecule has 25 heavy (non-hydrogen) atoms. The van der Waals surface area contributed by atoms with Gasteiger partial charge in [0.25, 0.3) is 0 Å². The Morgan fingerprint density at radius 3 is 2.60 bits per heavy atom. The molecule has 1 N–H and O–H groups in total. The Morgan fingerprint density at radius 2 is 1.84 bits per heavy atom.